The van der Waals surface area contributed by atoms with E-state index >= 15 is 0 Å². The van der Waals surface area contributed by atoms with Gasteiger partial charge < -0.3 is 0 Å². The molecule has 0 saturated heterocycles. The van der Waals surface area contributed by atoms with Crippen molar-refractivity contribution in [3.8, 4) is 0 Å². The van der Waals surface area contributed by atoms with Gasteiger partial charge in [0, 0.05) is 9.50 Å². The first-order chi connectivity index (χ1) is 9.51. The van der Waals surface area contributed by atoms with Crippen LogP contribution in [0.4, 0.5) is 0 Å². The van der Waals surface area contributed by atoms with Crippen molar-refractivity contribution in [3.63, 3.8) is 0 Å². The van der Waals surface area contributed by atoms with E-state index in [1.165, 1.54) is 11.1 Å². The van der Waals surface area contributed by atoms with Crippen LogP contribution in [0, 0.1) is 13.8 Å². The normalized spacial score (nSPS) is 12.4. The van der Waals surface area contributed by atoms with E-state index in [0.29, 0.717) is 0 Å². The van der Waals surface area contributed by atoms with Crippen molar-refractivity contribution in [1.29, 1.82) is 0 Å². The molecular weight excluding hydrogens is 336 g/mol. The SMILES string of the molecule is Cc1ccc(CC(NN)c2cc(Br)ccc2C)c(Cl)c1. The number of benzene rings is 2. The Balaban J connectivity index is 2.31. The smallest absolute Gasteiger partial charge is 0.0503 e. The number of nitrogens with two attached hydrogens (primary N) is 1. The second kappa shape index (κ2) is 6.72. The third-order valence-corrected chi connectivity index (χ3v) is 4.30. The van der Waals surface area contributed by atoms with Crippen LogP contribution in [-0.4, -0.2) is 0 Å². The van der Waals surface area contributed by atoms with Gasteiger partial charge in [-0.1, -0.05) is 45.7 Å². The fraction of sp³-hybridized carbons (Fsp3) is 0.250. The molecule has 2 aromatic carbocycles. The molecule has 0 radical (unpaired) electrons. The third-order valence-electron chi connectivity index (χ3n) is 3.45. The van der Waals surface area contributed by atoms with Gasteiger partial charge in [0.2, 0.25) is 0 Å². The van der Waals surface area contributed by atoms with E-state index in [0.717, 1.165) is 27.0 Å². The summed E-state index contributed by atoms with van der Waals surface area (Å²) >= 11 is 9.82. The van der Waals surface area contributed by atoms with Gasteiger partial charge in [0.1, 0.15) is 0 Å². The number of hydrogen-bond acceptors (Lipinski definition) is 2. The molecule has 0 heterocycles. The highest BCUT2D eigenvalue weighted by Crippen LogP contribution is 2.27. The Labute approximate surface area is 133 Å². The minimum Gasteiger partial charge on any atom is -0.271 e. The molecule has 0 fully saturated rings. The first kappa shape index (κ1) is 15.5. The summed E-state index contributed by atoms with van der Waals surface area (Å²) in [6.07, 6.45) is 0.757. The highest BCUT2D eigenvalue weighted by Gasteiger charge is 2.15. The minimum atomic E-state index is 0.0349. The molecule has 1 atom stereocenters. The van der Waals surface area contributed by atoms with Crippen LogP contribution in [0.25, 0.3) is 0 Å². The van der Waals surface area contributed by atoms with Crippen LogP contribution < -0.4 is 11.3 Å². The lowest BCUT2D eigenvalue weighted by Gasteiger charge is -2.20. The average molecular weight is 354 g/mol. The number of aryl methyl sites for hydroxylation is 2. The molecule has 4 heteroatoms. The lowest BCUT2D eigenvalue weighted by Crippen LogP contribution is -2.30. The summed E-state index contributed by atoms with van der Waals surface area (Å²) in [6.45, 7) is 4.12. The number of rotatable bonds is 4. The van der Waals surface area contributed by atoms with Crippen molar-refractivity contribution in [2.24, 2.45) is 5.84 Å². The Hall–Kier alpha value is -0.870. The molecule has 2 rings (SSSR count). The van der Waals surface area contributed by atoms with E-state index in [-0.39, 0.29) is 6.04 Å². The quantitative estimate of drug-likeness (QED) is 0.629. The van der Waals surface area contributed by atoms with Gasteiger partial charge in [0.05, 0.1) is 6.04 Å². The molecule has 2 nitrogen and oxygen atoms in total. The molecule has 0 aliphatic heterocycles. The third kappa shape index (κ3) is 3.61. The zero-order valence-corrected chi connectivity index (χ0v) is 13.9. The second-order valence-electron chi connectivity index (χ2n) is 5.02. The molecule has 0 bridgehead atoms. The van der Waals surface area contributed by atoms with Crippen molar-refractivity contribution < 1.29 is 0 Å². The van der Waals surface area contributed by atoms with Crippen LogP contribution in [0.15, 0.2) is 40.9 Å². The summed E-state index contributed by atoms with van der Waals surface area (Å²) in [5.74, 6) is 5.74. The van der Waals surface area contributed by atoms with Gasteiger partial charge in [-0.05, 0) is 60.7 Å². The zero-order valence-electron chi connectivity index (χ0n) is 11.6. The van der Waals surface area contributed by atoms with Gasteiger partial charge in [0.25, 0.3) is 0 Å². The fourth-order valence-corrected chi connectivity index (χ4v) is 2.97. The summed E-state index contributed by atoms with van der Waals surface area (Å²) < 4.78 is 1.05. The molecule has 0 aliphatic carbocycles. The van der Waals surface area contributed by atoms with Gasteiger partial charge in [0.15, 0.2) is 0 Å². The molecule has 0 saturated carbocycles. The Kier molecular flexibility index (Phi) is 5.22. The van der Waals surface area contributed by atoms with E-state index < -0.39 is 0 Å². The molecule has 1 unspecified atom stereocenters. The Morgan fingerprint density at radius 3 is 2.60 bits per heavy atom. The number of halogens is 2. The molecule has 2 aromatic rings. The van der Waals surface area contributed by atoms with E-state index in [9.17, 15) is 0 Å². The predicted molar refractivity (Wildman–Crippen MR) is 88.8 cm³/mol. The first-order valence-corrected chi connectivity index (χ1v) is 7.65. The van der Waals surface area contributed by atoms with Crippen molar-refractivity contribution in [2.75, 3.05) is 0 Å². The Bertz CT molecular complexity index is 613. The summed E-state index contributed by atoms with van der Waals surface area (Å²) in [5.41, 5.74) is 7.54. The monoisotopic (exact) mass is 352 g/mol. The highest BCUT2D eigenvalue weighted by atomic mass is 79.9. The number of nitrogens with one attached hydrogen (secondary N) is 1. The van der Waals surface area contributed by atoms with Crippen LogP contribution in [0.5, 0.6) is 0 Å². The molecule has 0 aliphatic rings. The van der Waals surface area contributed by atoms with Gasteiger partial charge in [-0.3, -0.25) is 11.3 Å². The van der Waals surface area contributed by atoms with Crippen molar-refractivity contribution >= 4 is 27.5 Å². The van der Waals surface area contributed by atoms with E-state index in [1.54, 1.807) is 0 Å². The number of hydrazine groups is 1. The van der Waals surface area contributed by atoms with Gasteiger partial charge in [-0.2, -0.15) is 0 Å². The minimum absolute atomic E-state index is 0.0349. The zero-order chi connectivity index (χ0) is 14.7. The lowest BCUT2D eigenvalue weighted by molar-refractivity contribution is 0.549. The molecule has 20 heavy (non-hydrogen) atoms. The fourth-order valence-electron chi connectivity index (χ4n) is 2.28. The van der Waals surface area contributed by atoms with Crippen molar-refractivity contribution in [1.82, 2.24) is 5.43 Å². The molecule has 0 aromatic heterocycles. The Morgan fingerprint density at radius 1 is 1.20 bits per heavy atom. The standard InChI is InChI=1S/C16H18BrClN2/c1-10-3-5-12(15(18)7-10)8-16(20-19)14-9-13(17)6-4-11(14)2/h3-7,9,16,20H,8,19H2,1-2H3. The van der Waals surface area contributed by atoms with Crippen LogP contribution in [0.1, 0.15) is 28.3 Å². The molecule has 3 N–H and O–H groups in total. The molecule has 0 amide bonds. The summed E-state index contributed by atoms with van der Waals surface area (Å²) in [6, 6.07) is 12.4. The molecule has 0 spiro atoms. The van der Waals surface area contributed by atoms with Gasteiger partial charge in [-0.15, -0.1) is 0 Å². The average Bonchev–Trinajstić information content (AvgIpc) is 2.41. The largest absolute Gasteiger partial charge is 0.271 e. The lowest BCUT2D eigenvalue weighted by atomic mass is 9.95. The van der Waals surface area contributed by atoms with E-state index in [4.69, 9.17) is 17.4 Å². The van der Waals surface area contributed by atoms with Gasteiger partial charge in [-0.25, -0.2) is 0 Å². The summed E-state index contributed by atoms with van der Waals surface area (Å²) in [7, 11) is 0. The molecule has 106 valence electrons. The number of hydrogen-bond donors (Lipinski definition) is 2. The van der Waals surface area contributed by atoms with E-state index in [1.807, 2.05) is 19.1 Å². The van der Waals surface area contributed by atoms with Crippen molar-refractivity contribution in [2.45, 2.75) is 26.3 Å². The second-order valence-corrected chi connectivity index (χ2v) is 6.34. The topological polar surface area (TPSA) is 38.0 Å². The van der Waals surface area contributed by atoms with Crippen LogP contribution in [-0.2, 0) is 6.42 Å². The van der Waals surface area contributed by atoms with Gasteiger partial charge >= 0.3 is 0 Å². The maximum absolute atomic E-state index is 6.31. The van der Waals surface area contributed by atoms with Crippen LogP contribution in [0.2, 0.25) is 5.02 Å². The summed E-state index contributed by atoms with van der Waals surface area (Å²) in [4.78, 5) is 0. The highest BCUT2D eigenvalue weighted by molar-refractivity contribution is 9.10. The molecular formula is C16H18BrClN2. The maximum Gasteiger partial charge on any atom is 0.0503 e. The van der Waals surface area contributed by atoms with Crippen molar-refractivity contribution in [3.05, 3.63) is 68.1 Å². The maximum atomic E-state index is 6.31. The van der Waals surface area contributed by atoms with Crippen LogP contribution >= 0.6 is 27.5 Å². The Morgan fingerprint density at radius 2 is 1.95 bits per heavy atom. The van der Waals surface area contributed by atoms with Crippen LogP contribution in [0.3, 0.4) is 0 Å². The summed E-state index contributed by atoms with van der Waals surface area (Å²) in [5, 5.41) is 0.790. The predicted octanol–water partition coefficient (Wildman–Crippen LogP) is 4.47. The first-order valence-electron chi connectivity index (χ1n) is 6.48. The van der Waals surface area contributed by atoms with E-state index in [2.05, 4.69) is 52.5 Å².